The molecule has 1 rings (SSSR count). The van der Waals surface area contributed by atoms with Gasteiger partial charge in [0.25, 0.3) is 0 Å². The van der Waals surface area contributed by atoms with E-state index in [1.807, 2.05) is 13.8 Å². The van der Waals surface area contributed by atoms with Gasteiger partial charge in [0.2, 0.25) is 0 Å². The van der Waals surface area contributed by atoms with Crippen LogP contribution in [-0.2, 0) is 9.53 Å². The van der Waals surface area contributed by atoms with E-state index in [9.17, 15) is 9.90 Å². The van der Waals surface area contributed by atoms with E-state index in [2.05, 4.69) is 0 Å². The monoisotopic (exact) mass is 236 g/mol. The number of carbonyl (C=O) groups excluding carboxylic acids is 1. The molecule has 1 N–H and O–H groups in total. The summed E-state index contributed by atoms with van der Waals surface area (Å²) in [6, 6.07) is 0. The molecule has 14 heavy (non-hydrogen) atoms. The third-order valence-electron chi connectivity index (χ3n) is 2.27. The molecule has 0 aromatic carbocycles. The molecule has 0 aliphatic carbocycles. The Morgan fingerprint density at radius 1 is 1.57 bits per heavy atom. The number of esters is 1. The van der Waals surface area contributed by atoms with E-state index in [1.165, 1.54) is 0 Å². The molecule has 1 fully saturated rings. The quantitative estimate of drug-likeness (QED) is 0.597. The zero-order valence-electron chi connectivity index (χ0n) is 8.43. The van der Waals surface area contributed by atoms with E-state index in [-0.39, 0.29) is 18.0 Å². The van der Waals surface area contributed by atoms with Gasteiger partial charge in [0.15, 0.2) is 0 Å². The fourth-order valence-corrected chi connectivity index (χ4v) is 3.36. The Labute approximate surface area is 92.4 Å². The van der Waals surface area contributed by atoms with Crippen LogP contribution in [0.3, 0.4) is 0 Å². The van der Waals surface area contributed by atoms with Crippen LogP contribution in [0, 0.1) is 5.92 Å². The molecule has 3 unspecified atom stereocenters. The Kier molecular flexibility index (Phi) is 5.12. The molecular weight excluding hydrogens is 220 g/mol. The van der Waals surface area contributed by atoms with E-state index >= 15 is 0 Å². The van der Waals surface area contributed by atoms with E-state index in [4.69, 9.17) is 4.74 Å². The van der Waals surface area contributed by atoms with Crippen molar-refractivity contribution < 1.29 is 14.6 Å². The molecule has 0 saturated carbocycles. The van der Waals surface area contributed by atoms with E-state index in [1.54, 1.807) is 21.6 Å². The second kappa shape index (κ2) is 5.88. The van der Waals surface area contributed by atoms with Gasteiger partial charge < -0.3 is 9.84 Å². The summed E-state index contributed by atoms with van der Waals surface area (Å²) in [7, 11) is 3.27. The van der Waals surface area contributed by atoms with Crippen molar-refractivity contribution in [3.8, 4) is 0 Å². The number of aliphatic hydroxyl groups is 1. The van der Waals surface area contributed by atoms with Gasteiger partial charge in [-0.25, -0.2) is 0 Å². The zero-order valence-corrected chi connectivity index (χ0v) is 10.1. The number of aliphatic hydroxyl groups excluding tert-OH is 1. The molecule has 0 aromatic rings. The molecule has 1 aliphatic heterocycles. The predicted octanol–water partition coefficient (Wildman–Crippen LogP) is 1.70. The fraction of sp³-hybridized carbons (Fsp3) is 0.889. The number of hydrogen-bond acceptors (Lipinski definition) is 5. The van der Waals surface area contributed by atoms with Gasteiger partial charge in [-0.2, -0.15) is 0 Å². The van der Waals surface area contributed by atoms with Gasteiger partial charge in [-0.1, -0.05) is 35.4 Å². The molecule has 0 aromatic heterocycles. The van der Waals surface area contributed by atoms with Gasteiger partial charge >= 0.3 is 5.97 Å². The van der Waals surface area contributed by atoms with Gasteiger partial charge in [0, 0.05) is 11.5 Å². The standard InChI is InChI=1S/C9H16O3S2/c1-3-6(2)9(11)12-8-5-14-13-4-7(8)10/h6-8,10H,3-5H2,1-2H3. The number of rotatable bonds is 3. The molecule has 1 heterocycles. The number of hydrogen-bond donors (Lipinski definition) is 1. The summed E-state index contributed by atoms with van der Waals surface area (Å²) < 4.78 is 5.23. The average Bonchev–Trinajstić information content (AvgIpc) is 2.20. The minimum atomic E-state index is -0.505. The first-order chi connectivity index (χ1) is 6.65. The lowest BCUT2D eigenvalue weighted by molar-refractivity contribution is -0.157. The fourth-order valence-electron chi connectivity index (χ4n) is 0.996. The van der Waals surface area contributed by atoms with Crippen molar-refractivity contribution in [3.05, 3.63) is 0 Å². The van der Waals surface area contributed by atoms with E-state index in [0.29, 0.717) is 11.5 Å². The van der Waals surface area contributed by atoms with Crippen LogP contribution in [0.4, 0.5) is 0 Å². The molecule has 1 aliphatic rings. The summed E-state index contributed by atoms with van der Waals surface area (Å²) in [4.78, 5) is 11.4. The van der Waals surface area contributed by atoms with Gasteiger partial charge in [-0.3, -0.25) is 4.79 Å². The van der Waals surface area contributed by atoms with Crippen LogP contribution in [0.25, 0.3) is 0 Å². The first-order valence-corrected chi connectivity index (χ1v) is 7.27. The minimum absolute atomic E-state index is 0.0678. The van der Waals surface area contributed by atoms with Crippen molar-refractivity contribution in [2.24, 2.45) is 5.92 Å². The molecule has 0 radical (unpaired) electrons. The highest BCUT2D eigenvalue weighted by Gasteiger charge is 2.28. The summed E-state index contributed by atoms with van der Waals surface area (Å²) >= 11 is 0. The number of carbonyl (C=O) groups is 1. The summed E-state index contributed by atoms with van der Waals surface area (Å²) in [5.74, 6) is 1.07. The second-order valence-electron chi connectivity index (χ2n) is 3.42. The minimum Gasteiger partial charge on any atom is -0.458 e. The van der Waals surface area contributed by atoms with Crippen LogP contribution < -0.4 is 0 Å². The molecular formula is C9H16O3S2. The summed E-state index contributed by atoms with van der Waals surface area (Å²) in [5, 5.41) is 9.56. The van der Waals surface area contributed by atoms with Crippen LogP contribution in [0.1, 0.15) is 20.3 Å². The Hall–Kier alpha value is 0.130. The third-order valence-corrected chi connectivity index (χ3v) is 4.69. The topological polar surface area (TPSA) is 46.5 Å². The summed E-state index contributed by atoms with van der Waals surface area (Å²) in [6.45, 7) is 3.80. The van der Waals surface area contributed by atoms with E-state index < -0.39 is 6.10 Å². The molecule has 0 spiro atoms. The zero-order chi connectivity index (χ0) is 10.6. The van der Waals surface area contributed by atoms with Crippen molar-refractivity contribution in [2.45, 2.75) is 32.5 Å². The molecule has 3 nitrogen and oxygen atoms in total. The first kappa shape index (κ1) is 12.2. The summed E-state index contributed by atoms with van der Waals surface area (Å²) in [6.07, 6.45) is -0.0409. The lowest BCUT2D eigenvalue weighted by Gasteiger charge is -2.27. The molecule has 0 bridgehead atoms. The largest absolute Gasteiger partial charge is 0.458 e. The molecule has 0 amide bonds. The molecule has 82 valence electrons. The Morgan fingerprint density at radius 3 is 2.79 bits per heavy atom. The lowest BCUT2D eigenvalue weighted by Crippen LogP contribution is -2.38. The third kappa shape index (κ3) is 3.37. The van der Waals surface area contributed by atoms with E-state index in [0.717, 1.165) is 6.42 Å². The van der Waals surface area contributed by atoms with Crippen LogP contribution in [0.5, 0.6) is 0 Å². The molecule has 1 saturated heterocycles. The van der Waals surface area contributed by atoms with Gasteiger partial charge in [-0.15, -0.1) is 0 Å². The highest BCUT2D eigenvalue weighted by Crippen LogP contribution is 2.31. The highest BCUT2D eigenvalue weighted by molar-refractivity contribution is 8.76. The molecule has 3 atom stereocenters. The van der Waals surface area contributed by atoms with Crippen molar-refractivity contribution in [1.82, 2.24) is 0 Å². The van der Waals surface area contributed by atoms with Crippen LogP contribution in [-0.4, -0.2) is 34.8 Å². The number of ether oxygens (including phenoxy) is 1. The lowest BCUT2D eigenvalue weighted by atomic mass is 10.1. The Bertz CT molecular complexity index is 198. The van der Waals surface area contributed by atoms with Crippen molar-refractivity contribution >= 4 is 27.6 Å². The van der Waals surface area contributed by atoms with Gasteiger partial charge in [0.1, 0.15) is 12.2 Å². The normalized spacial score (nSPS) is 29.6. The highest BCUT2D eigenvalue weighted by atomic mass is 33.1. The smallest absolute Gasteiger partial charge is 0.309 e. The van der Waals surface area contributed by atoms with Crippen molar-refractivity contribution in [2.75, 3.05) is 11.5 Å². The first-order valence-electron chi connectivity index (χ1n) is 4.78. The van der Waals surface area contributed by atoms with Crippen LogP contribution >= 0.6 is 21.6 Å². The van der Waals surface area contributed by atoms with Gasteiger partial charge in [0.05, 0.1) is 5.92 Å². The predicted molar refractivity (Wildman–Crippen MR) is 60.3 cm³/mol. The Balaban J connectivity index is 2.38. The Morgan fingerprint density at radius 2 is 2.21 bits per heavy atom. The average molecular weight is 236 g/mol. The van der Waals surface area contributed by atoms with Gasteiger partial charge in [-0.05, 0) is 6.42 Å². The van der Waals surface area contributed by atoms with Crippen LogP contribution in [0.15, 0.2) is 0 Å². The maximum absolute atomic E-state index is 11.4. The molecule has 5 heteroatoms. The SMILES string of the molecule is CCC(C)C(=O)OC1CSSCC1O. The van der Waals surface area contributed by atoms with Crippen LogP contribution in [0.2, 0.25) is 0 Å². The van der Waals surface area contributed by atoms with Crippen molar-refractivity contribution in [1.29, 1.82) is 0 Å². The maximum Gasteiger partial charge on any atom is 0.309 e. The maximum atomic E-state index is 11.4. The second-order valence-corrected chi connectivity index (χ2v) is 5.97. The summed E-state index contributed by atoms with van der Waals surface area (Å²) in [5.41, 5.74) is 0. The van der Waals surface area contributed by atoms with Crippen molar-refractivity contribution in [3.63, 3.8) is 0 Å².